The lowest BCUT2D eigenvalue weighted by Crippen LogP contribution is -2.41. The minimum Gasteiger partial charge on any atom is -0.444 e. The first-order valence-corrected chi connectivity index (χ1v) is 7.76. The van der Waals surface area contributed by atoms with Crippen molar-refractivity contribution in [3.8, 4) is 0 Å². The minimum atomic E-state index is -0.464. The average Bonchev–Trinajstić information content (AvgIpc) is 2.35. The molecule has 1 N–H and O–H groups in total. The summed E-state index contributed by atoms with van der Waals surface area (Å²) in [4.78, 5) is 23.8. The molecule has 116 valence electrons. The normalized spacial score (nSPS) is 24.9. The van der Waals surface area contributed by atoms with E-state index in [-0.39, 0.29) is 24.0 Å². The number of hydrogen-bond acceptors (Lipinski definition) is 3. The van der Waals surface area contributed by atoms with Crippen LogP contribution in [-0.2, 0) is 9.53 Å². The number of amides is 1. The molecule has 4 heteroatoms. The molecule has 20 heavy (non-hydrogen) atoms. The molecule has 1 fully saturated rings. The Kier molecular flexibility index (Phi) is 6.03. The van der Waals surface area contributed by atoms with Crippen molar-refractivity contribution in [2.24, 2.45) is 11.8 Å². The molecule has 0 aromatic carbocycles. The van der Waals surface area contributed by atoms with E-state index < -0.39 is 5.60 Å². The lowest BCUT2D eigenvalue weighted by molar-refractivity contribution is -0.127. The Labute approximate surface area is 122 Å². The van der Waals surface area contributed by atoms with Crippen molar-refractivity contribution < 1.29 is 14.3 Å². The van der Waals surface area contributed by atoms with E-state index in [0.29, 0.717) is 5.78 Å². The Morgan fingerprint density at radius 2 is 1.75 bits per heavy atom. The lowest BCUT2D eigenvalue weighted by atomic mass is 9.79. The van der Waals surface area contributed by atoms with Crippen LogP contribution in [0.15, 0.2) is 0 Å². The van der Waals surface area contributed by atoms with E-state index in [0.717, 1.165) is 32.1 Å². The zero-order valence-corrected chi connectivity index (χ0v) is 13.5. The quantitative estimate of drug-likeness (QED) is 0.856. The zero-order valence-electron chi connectivity index (χ0n) is 13.5. The molecule has 1 atom stereocenters. The van der Waals surface area contributed by atoms with Gasteiger partial charge in [-0.1, -0.05) is 13.8 Å². The summed E-state index contributed by atoms with van der Waals surface area (Å²) in [7, 11) is 0. The molecule has 1 saturated carbocycles. The molecule has 1 aliphatic carbocycles. The number of Topliss-reactive ketones (excluding diaryl/α,β-unsaturated/α-hetero) is 1. The Bertz CT molecular complexity index is 338. The first kappa shape index (κ1) is 17.0. The smallest absolute Gasteiger partial charge is 0.407 e. The number of alkyl carbamates (subject to hydrolysis) is 1. The van der Waals surface area contributed by atoms with E-state index in [1.165, 1.54) is 0 Å². The summed E-state index contributed by atoms with van der Waals surface area (Å²) in [5, 5.41) is 2.91. The van der Waals surface area contributed by atoms with Crippen molar-refractivity contribution in [3.63, 3.8) is 0 Å². The molecular weight excluding hydrogens is 254 g/mol. The number of rotatable bonds is 4. The van der Waals surface area contributed by atoms with Crippen LogP contribution in [0, 0.1) is 11.8 Å². The maximum atomic E-state index is 12.1. The molecule has 0 spiro atoms. The molecule has 1 aliphatic rings. The molecular formula is C16H29NO3. The first-order valence-electron chi connectivity index (χ1n) is 7.76. The molecule has 1 rings (SSSR count). The van der Waals surface area contributed by atoms with Gasteiger partial charge < -0.3 is 10.1 Å². The van der Waals surface area contributed by atoms with Crippen LogP contribution in [0.2, 0.25) is 0 Å². The second-order valence-electron chi connectivity index (χ2n) is 6.91. The van der Waals surface area contributed by atoms with Crippen LogP contribution in [0.25, 0.3) is 0 Å². The summed E-state index contributed by atoms with van der Waals surface area (Å²) in [6, 6.07) is 0.144. The lowest BCUT2D eigenvalue weighted by Gasteiger charge is -2.30. The average molecular weight is 283 g/mol. The van der Waals surface area contributed by atoms with Crippen LogP contribution >= 0.6 is 0 Å². The molecule has 0 saturated heterocycles. The summed E-state index contributed by atoms with van der Waals surface area (Å²) in [6.07, 6.45) is 4.05. The highest BCUT2D eigenvalue weighted by molar-refractivity contribution is 5.83. The van der Waals surface area contributed by atoms with Crippen molar-refractivity contribution in [2.45, 2.75) is 78.4 Å². The van der Waals surface area contributed by atoms with Gasteiger partial charge in [-0.05, 0) is 52.9 Å². The number of hydrogen-bond donors (Lipinski definition) is 1. The van der Waals surface area contributed by atoms with Gasteiger partial charge in [0.25, 0.3) is 0 Å². The molecule has 1 unspecified atom stereocenters. The van der Waals surface area contributed by atoms with Gasteiger partial charge in [0.2, 0.25) is 0 Å². The van der Waals surface area contributed by atoms with Crippen LogP contribution < -0.4 is 5.32 Å². The third-order valence-electron chi connectivity index (χ3n) is 3.95. The molecule has 0 aromatic heterocycles. The number of nitrogens with one attached hydrogen (secondary N) is 1. The SMILES string of the molecule is CCC(C)C(=O)C1CCC(NC(=O)OC(C)(C)C)CC1. The number of carbonyl (C=O) groups excluding carboxylic acids is 2. The van der Waals surface area contributed by atoms with Gasteiger partial charge >= 0.3 is 6.09 Å². The fourth-order valence-corrected chi connectivity index (χ4v) is 2.60. The largest absolute Gasteiger partial charge is 0.444 e. The van der Waals surface area contributed by atoms with Crippen LogP contribution in [0.1, 0.15) is 66.7 Å². The van der Waals surface area contributed by atoms with E-state index in [4.69, 9.17) is 4.74 Å². The summed E-state index contributed by atoms with van der Waals surface area (Å²) in [5.41, 5.74) is -0.464. The summed E-state index contributed by atoms with van der Waals surface area (Å²) < 4.78 is 5.25. The maximum absolute atomic E-state index is 12.1. The van der Waals surface area contributed by atoms with Crippen molar-refractivity contribution in [1.29, 1.82) is 0 Å². The number of ketones is 1. The highest BCUT2D eigenvalue weighted by Crippen LogP contribution is 2.28. The molecule has 0 heterocycles. The Morgan fingerprint density at radius 3 is 2.20 bits per heavy atom. The molecule has 0 aliphatic heterocycles. The van der Waals surface area contributed by atoms with E-state index in [2.05, 4.69) is 12.2 Å². The Morgan fingerprint density at radius 1 is 1.20 bits per heavy atom. The second kappa shape index (κ2) is 7.09. The van der Waals surface area contributed by atoms with Gasteiger partial charge in [-0.25, -0.2) is 4.79 Å². The molecule has 1 amide bonds. The van der Waals surface area contributed by atoms with Crippen molar-refractivity contribution in [1.82, 2.24) is 5.32 Å². The zero-order chi connectivity index (χ0) is 15.3. The minimum absolute atomic E-state index is 0.144. The van der Waals surface area contributed by atoms with Crippen molar-refractivity contribution >= 4 is 11.9 Å². The molecule has 0 bridgehead atoms. The van der Waals surface area contributed by atoms with Gasteiger partial charge in [0.1, 0.15) is 11.4 Å². The van der Waals surface area contributed by atoms with E-state index >= 15 is 0 Å². The van der Waals surface area contributed by atoms with E-state index in [9.17, 15) is 9.59 Å². The topological polar surface area (TPSA) is 55.4 Å². The van der Waals surface area contributed by atoms with Crippen LogP contribution in [0.3, 0.4) is 0 Å². The van der Waals surface area contributed by atoms with Crippen molar-refractivity contribution in [3.05, 3.63) is 0 Å². The van der Waals surface area contributed by atoms with Crippen LogP contribution in [0.4, 0.5) is 4.79 Å². The van der Waals surface area contributed by atoms with Crippen LogP contribution in [-0.4, -0.2) is 23.5 Å². The fourth-order valence-electron chi connectivity index (χ4n) is 2.60. The predicted molar refractivity (Wildman–Crippen MR) is 79.6 cm³/mol. The standard InChI is InChI=1S/C16H29NO3/c1-6-11(2)14(18)12-7-9-13(10-8-12)17-15(19)20-16(3,4)5/h11-13H,6-10H2,1-5H3,(H,17,19). The highest BCUT2D eigenvalue weighted by Gasteiger charge is 2.29. The summed E-state index contributed by atoms with van der Waals surface area (Å²) in [5.74, 6) is 0.736. The number of carbonyl (C=O) groups is 2. The molecule has 0 radical (unpaired) electrons. The highest BCUT2D eigenvalue weighted by atomic mass is 16.6. The van der Waals surface area contributed by atoms with Crippen molar-refractivity contribution in [2.75, 3.05) is 0 Å². The van der Waals surface area contributed by atoms with Crippen LogP contribution in [0.5, 0.6) is 0 Å². The Balaban J connectivity index is 2.36. The fraction of sp³-hybridized carbons (Fsp3) is 0.875. The monoisotopic (exact) mass is 283 g/mol. The van der Waals surface area contributed by atoms with Gasteiger partial charge in [-0.3, -0.25) is 4.79 Å². The van der Waals surface area contributed by atoms with E-state index in [1.807, 2.05) is 27.7 Å². The summed E-state index contributed by atoms with van der Waals surface area (Å²) >= 11 is 0. The molecule has 4 nitrogen and oxygen atoms in total. The van der Waals surface area contributed by atoms with Gasteiger partial charge in [-0.2, -0.15) is 0 Å². The van der Waals surface area contributed by atoms with Gasteiger partial charge in [0.15, 0.2) is 0 Å². The number of ether oxygens (including phenoxy) is 1. The van der Waals surface area contributed by atoms with Gasteiger partial charge in [-0.15, -0.1) is 0 Å². The predicted octanol–water partition coefficient (Wildman–Crippen LogP) is 3.69. The maximum Gasteiger partial charge on any atom is 0.407 e. The Hall–Kier alpha value is -1.06. The third kappa shape index (κ3) is 5.51. The second-order valence-corrected chi connectivity index (χ2v) is 6.91. The van der Waals surface area contributed by atoms with Gasteiger partial charge in [0.05, 0.1) is 0 Å². The van der Waals surface area contributed by atoms with Gasteiger partial charge in [0, 0.05) is 17.9 Å². The van der Waals surface area contributed by atoms with E-state index in [1.54, 1.807) is 0 Å². The summed E-state index contributed by atoms with van der Waals surface area (Å²) in [6.45, 7) is 9.63. The first-order chi connectivity index (χ1) is 9.23. The molecule has 0 aromatic rings. The third-order valence-corrected chi connectivity index (χ3v) is 3.95.